The minimum atomic E-state index is -3.32. The van der Waals surface area contributed by atoms with Gasteiger partial charge >= 0.3 is 294 Å². The van der Waals surface area contributed by atoms with Gasteiger partial charge in [-0.3, -0.25) is 0 Å². The summed E-state index contributed by atoms with van der Waals surface area (Å²) >= 11 is 10.0. The number of unbranched alkanes of at least 4 members (excludes halogenated alkanes) is 5. The summed E-state index contributed by atoms with van der Waals surface area (Å²) in [5.41, 5.74) is 8.55. The molecular weight excluding hydrogens is 718 g/mol. The molecule has 1 N–H and O–H groups in total. The zero-order chi connectivity index (χ0) is 32.9. The molecule has 1 aliphatic rings. The molecule has 0 radical (unpaired) electrons. The molecule has 46 heavy (non-hydrogen) atoms. The normalized spacial score (nSPS) is 14.1. The van der Waals surface area contributed by atoms with Crippen LogP contribution >= 0.6 is 23.2 Å². The maximum atomic E-state index is 14.5. The third kappa shape index (κ3) is 9.54. The van der Waals surface area contributed by atoms with Gasteiger partial charge in [0.05, 0.1) is 0 Å². The summed E-state index contributed by atoms with van der Waals surface area (Å²) in [5, 5.41) is 8.54. The molecule has 0 atom stereocenters. The van der Waals surface area contributed by atoms with Gasteiger partial charge in [-0.15, -0.1) is 0 Å². The number of amides is 1. The number of nitrogens with zero attached hydrogens (tertiary/aromatic N) is 3. The molecule has 2 heterocycles. The second-order valence-electron chi connectivity index (χ2n) is 13.3. The second kappa shape index (κ2) is 18.9. The molecule has 1 aromatic heterocycles. The standard InChI is InChI=1S/C26H29Cl2N4O.3C4H9.Sn/c1-2-3-5-8-19-9-11-20(12-10-19)23-18-32(26(33)30-31-15-6-4-7-16-31)29-25(23)22-14-13-21(27)17-24(22)28;3*1-3-4-2;/h9-14,17H,2-8,15-16H2,1H3,(H,30,33);3*1,3-4H2,2H3;. The van der Waals surface area contributed by atoms with Crippen molar-refractivity contribution in [2.75, 3.05) is 13.1 Å². The second-order valence-corrected chi connectivity index (χ2v) is 27.1. The summed E-state index contributed by atoms with van der Waals surface area (Å²) in [4.78, 5) is 14.5. The summed E-state index contributed by atoms with van der Waals surface area (Å²) in [7, 11) is 0. The van der Waals surface area contributed by atoms with Gasteiger partial charge in [-0.1, -0.05) is 0 Å². The van der Waals surface area contributed by atoms with Crippen molar-refractivity contribution in [3.8, 4) is 22.4 Å². The van der Waals surface area contributed by atoms with Crippen LogP contribution in [0.3, 0.4) is 0 Å². The molecule has 2 aromatic carbocycles. The number of piperidine rings is 1. The number of carbonyl (C=O) groups is 1. The van der Waals surface area contributed by atoms with Gasteiger partial charge in [0, 0.05) is 0 Å². The van der Waals surface area contributed by atoms with Crippen molar-refractivity contribution in [1.82, 2.24) is 20.2 Å². The predicted molar refractivity (Wildman–Crippen MR) is 200 cm³/mol. The molecule has 4 rings (SSSR count). The van der Waals surface area contributed by atoms with Crippen molar-refractivity contribution in [1.29, 1.82) is 0 Å². The molecule has 8 heteroatoms. The van der Waals surface area contributed by atoms with E-state index in [1.165, 1.54) is 67.5 Å². The number of carbonyl (C=O) groups excluding carboxylic acids is 1. The first-order valence-electron chi connectivity index (χ1n) is 18.1. The van der Waals surface area contributed by atoms with Gasteiger partial charge in [0.1, 0.15) is 0 Å². The molecule has 5 nitrogen and oxygen atoms in total. The number of hydrazine groups is 1. The first-order chi connectivity index (χ1) is 22.4. The van der Waals surface area contributed by atoms with Crippen LogP contribution < -0.4 is 9.14 Å². The number of hydrogen-bond donors (Lipinski definition) is 1. The van der Waals surface area contributed by atoms with Crippen LogP contribution in [0, 0.1) is 0 Å². The minimum absolute atomic E-state index is 0.128. The molecule has 0 saturated carbocycles. The van der Waals surface area contributed by atoms with Crippen molar-refractivity contribution in [2.45, 2.75) is 124 Å². The van der Waals surface area contributed by atoms with Crippen molar-refractivity contribution in [3.05, 3.63) is 58.1 Å². The molecule has 1 amide bonds. The van der Waals surface area contributed by atoms with E-state index in [0.29, 0.717) is 10.0 Å². The van der Waals surface area contributed by atoms with E-state index in [9.17, 15) is 4.79 Å². The molecule has 1 saturated heterocycles. The maximum absolute atomic E-state index is 14.5. The topological polar surface area (TPSA) is 50.2 Å². The molecule has 252 valence electrons. The average molecular weight is 775 g/mol. The van der Waals surface area contributed by atoms with Crippen LogP contribution in [-0.4, -0.2) is 52.3 Å². The van der Waals surface area contributed by atoms with Crippen LogP contribution in [0.4, 0.5) is 4.79 Å². The first-order valence-corrected chi connectivity index (χ1v) is 26.3. The van der Waals surface area contributed by atoms with E-state index in [1.54, 1.807) is 6.07 Å². The third-order valence-corrected chi connectivity index (χ3v) is 25.7. The molecule has 1 aliphatic heterocycles. The van der Waals surface area contributed by atoms with E-state index in [-0.39, 0.29) is 6.03 Å². The number of aromatic nitrogens is 2. The number of aryl methyl sites for hydroxylation is 1. The van der Waals surface area contributed by atoms with Crippen molar-refractivity contribution in [2.24, 2.45) is 0 Å². The van der Waals surface area contributed by atoms with Gasteiger partial charge < -0.3 is 0 Å². The molecule has 0 spiro atoms. The van der Waals surface area contributed by atoms with E-state index >= 15 is 0 Å². The van der Waals surface area contributed by atoms with E-state index < -0.39 is 18.4 Å². The summed E-state index contributed by atoms with van der Waals surface area (Å²) in [6.07, 6.45) is 15.2. The average Bonchev–Trinajstić information content (AvgIpc) is 3.47. The Morgan fingerprint density at radius 3 is 1.98 bits per heavy atom. The van der Waals surface area contributed by atoms with Crippen LogP contribution in [0.5, 0.6) is 0 Å². The van der Waals surface area contributed by atoms with Crippen molar-refractivity contribution in [3.63, 3.8) is 0 Å². The fraction of sp³-hybridized carbons (Fsp3) is 0.579. The van der Waals surface area contributed by atoms with Crippen LogP contribution in [0.1, 0.15) is 110 Å². The first kappa shape index (κ1) is 37.3. The van der Waals surface area contributed by atoms with Crippen LogP contribution in [0.15, 0.2) is 42.5 Å². The monoisotopic (exact) mass is 774 g/mol. The molecule has 0 unspecified atom stereocenters. The van der Waals surface area contributed by atoms with E-state index in [1.807, 2.05) is 16.8 Å². The van der Waals surface area contributed by atoms with E-state index in [0.717, 1.165) is 74.0 Å². The van der Waals surface area contributed by atoms with Gasteiger partial charge in [-0.05, 0) is 0 Å². The Balaban J connectivity index is 2.01. The van der Waals surface area contributed by atoms with Crippen molar-refractivity contribution < 1.29 is 4.79 Å². The number of benzene rings is 2. The number of hydrogen-bond acceptors (Lipinski definition) is 3. The Bertz CT molecular complexity index is 1360. The van der Waals surface area contributed by atoms with E-state index in [2.05, 4.69) is 62.4 Å². The van der Waals surface area contributed by atoms with Gasteiger partial charge in [-0.2, -0.15) is 0 Å². The summed E-state index contributed by atoms with van der Waals surface area (Å²) < 4.78 is 6.76. The zero-order valence-electron chi connectivity index (χ0n) is 28.8. The Kier molecular flexibility index (Phi) is 15.3. The molecule has 1 fully saturated rings. The zero-order valence-corrected chi connectivity index (χ0v) is 33.1. The van der Waals surface area contributed by atoms with Crippen LogP contribution in [-0.2, 0) is 6.42 Å². The summed E-state index contributed by atoms with van der Waals surface area (Å²) in [6.45, 7) is 10.9. The Morgan fingerprint density at radius 1 is 0.804 bits per heavy atom. The van der Waals surface area contributed by atoms with Crippen LogP contribution in [0.2, 0.25) is 23.4 Å². The number of rotatable bonds is 17. The molecule has 0 aliphatic carbocycles. The Morgan fingerprint density at radius 2 is 1.41 bits per heavy atom. The fourth-order valence-electron chi connectivity index (χ4n) is 7.08. The Hall–Kier alpha value is -1.54. The van der Waals surface area contributed by atoms with Gasteiger partial charge in [0.15, 0.2) is 0 Å². The fourth-order valence-corrected chi connectivity index (χ4v) is 24.5. The number of nitrogens with one attached hydrogen (secondary N) is 1. The summed E-state index contributed by atoms with van der Waals surface area (Å²) in [5.74, 6) is 0. The molecule has 3 aromatic rings. The predicted octanol–water partition coefficient (Wildman–Crippen LogP) is 11.3. The third-order valence-electron chi connectivity index (χ3n) is 9.71. The van der Waals surface area contributed by atoms with Gasteiger partial charge in [0.2, 0.25) is 0 Å². The summed E-state index contributed by atoms with van der Waals surface area (Å²) in [6, 6.07) is 14.7. The van der Waals surface area contributed by atoms with Gasteiger partial charge in [-0.25, -0.2) is 0 Å². The molecule has 0 bridgehead atoms. The van der Waals surface area contributed by atoms with Gasteiger partial charge in [0.25, 0.3) is 0 Å². The van der Waals surface area contributed by atoms with Crippen molar-refractivity contribution >= 4 is 51.3 Å². The Labute approximate surface area is 292 Å². The SMILES string of the molecule is CCCCCc1ccc(-c2c(-c3ccc(Cl)cc3Cl)nn(C(=O)NN3CCCCC3)[c]2[Sn]([CH2]CCC)([CH2]CCC)[CH2]CCC)cc1. The van der Waals surface area contributed by atoms with Crippen LogP contribution in [0.25, 0.3) is 22.4 Å². The quantitative estimate of drug-likeness (QED) is 0.110. The molecular formula is C38H56Cl2N4OSn. The van der Waals surface area contributed by atoms with E-state index in [4.69, 9.17) is 28.3 Å². The number of halogens is 2.